The smallest absolute Gasteiger partial charge is 0.186 e. The Hall–Kier alpha value is -0.720. The van der Waals surface area contributed by atoms with E-state index in [2.05, 4.69) is 10.6 Å². The van der Waals surface area contributed by atoms with Crippen molar-refractivity contribution in [3.8, 4) is 0 Å². The molecule has 18 heteroatoms. The van der Waals surface area contributed by atoms with Gasteiger partial charge in [-0.2, -0.15) is 0 Å². The topological polar surface area (TPSA) is 333 Å². The molecule has 0 aromatic carbocycles. The highest BCUT2D eigenvalue weighted by molar-refractivity contribution is 5.03. The van der Waals surface area contributed by atoms with Crippen molar-refractivity contribution >= 4 is 0 Å². The van der Waals surface area contributed by atoms with Gasteiger partial charge in [-0.3, -0.25) is 0 Å². The maximum Gasteiger partial charge on any atom is 0.186 e. The SMILES string of the molecule is NCC(O)CN[C@@H]1C[C@H](N)C(O[C@H]2O[C@H](CN)[C@@H](O)[C@H](O)[C@H]2NCC2CC(N)C2)[C@H](O)[C@H]1O[C@H]1O[C@H](CO)[C@@H](O)[C@H](N)[C@H]1O. The molecular weight excluding hydrogens is 586 g/mol. The molecule has 0 bridgehead atoms. The van der Waals surface area contributed by atoms with Crippen LogP contribution in [-0.4, -0.2) is 172 Å². The van der Waals surface area contributed by atoms with Crippen LogP contribution in [0.2, 0.25) is 0 Å². The van der Waals surface area contributed by atoms with E-state index in [9.17, 15) is 35.7 Å². The zero-order valence-corrected chi connectivity index (χ0v) is 24.7. The van der Waals surface area contributed by atoms with E-state index in [0.717, 1.165) is 12.8 Å². The van der Waals surface area contributed by atoms with E-state index < -0.39 is 104 Å². The molecule has 0 amide bonds. The molecule has 0 aromatic heterocycles. The lowest BCUT2D eigenvalue weighted by atomic mass is 9.80. The van der Waals surface area contributed by atoms with Crippen molar-refractivity contribution in [3.63, 3.8) is 0 Å². The van der Waals surface area contributed by atoms with Gasteiger partial charge in [0.1, 0.15) is 54.9 Å². The highest BCUT2D eigenvalue weighted by atomic mass is 16.7. The summed E-state index contributed by atoms with van der Waals surface area (Å²) in [6.07, 6.45) is -13.3. The third kappa shape index (κ3) is 8.04. The fraction of sp³-hybridized carbons (Fsp3) is 1.00. The predicted molar refractivity (Wildman–Crippen MR) is 153 cm³/mol. The van der Waals surface area contributed by atoms with Crippen LogP contribution >= 0.6 is 0 Å². The van der Waals surface area contributed by atoms with E-state index in [1.165, 1.54) is 0 Å². The van der Waals surface area contributed by atoms with Crippen molar-refractivity contribution in [2.75, 3.05) is 32.8 Å². The summed E-state index contributed by atoms with van der Waals surface area (Å²) in [6.45, 7) is -0.238. The van der Waals surface area contributed by atoms with Crippen molar-refractivity contribution in [1.29, 1.82) is 0 Å². The number of aliphatic hydroxyl groups excluding tert-OH is 7. The Morgan fingerprint density at radius 1 is 0.773 bits per heavy atom. The molecule has 44 heavy (non-hydrogen) atoms. The van der Waals surface area contributed by atoms with Crippen LogP contribution in [0.1, 0.15) is 19.3 Å². The summed E-state index contributed by atoms with van der Waals surface area (Å²) >= 11 is 0. The van der Waals surface area contributed by atoms with Crippen molar-refractivity contribution in [3.05, 3.63) is 0 Å². The van der Waals surface area contributed by atoms with E-state index in [4.69, 9.17) is 47.6 Å². The minimum absolute atomic E-state index is 0.0301. The van der Waals surface area contributed by atoms with Crippen LogP contribution in [0, 0.1) is 5.92 Å². The molecule has 19 N–H and O–H groups in total. The molecular formula is C26H53N7O11. The summed E-state index contributed by atoms with van der Waals surface area (Å²) in [6, 6.07) is -3.54. The minimum Gasteiger partial charge on any atom is -0.394 e. The maximum absolute atomic E-state index is 11.7. The van der Waals surface area contributed by atoms with Crippen LogP contribution in [0.25, 0.3) is 0 Å². The van der Waals surface area contributed by atoms with Crippen LogP contribution in [0.5, 0.6) is 0 Å². The fourth-order valence-corrected chi connectivity index (χ4v) is 6.42. The normalized spacial score (nSPS) is 49.0. The Morgan fingerprint density at radius 3 is 2.05 bits per heavy atom. The summed E-state index contributed by atoms with van der Waals surface area (Å²) < 4.78 is 23.9. The first kappa shape index (κ1) is 36.1. The van der Waals surface area contributed by atoms with Gasteiger partial charge in [0, 0.05) is 37.8 Å². The molecule has 2 aliphatic heterocycles. The molecule has 4 rings (SSSR count). The van der Waals surface area contributed by atoms with Gasteiger partial charge in [0.15, 0.2) is 12.6 Å². The second-order valence-electron chi connectivity index (χ2n) is 12.6. The molecule has 2 saturated carbocycles. The number of hydrogen-bond donors (Lipinski definition) is 14. The standard InChI is InChI=1S/C26H53N7O11/c27-4-11(35)7-32-13-3-12(30)23(22(40)24(13)44-26-20(38)16(31)18(36)15(8-34)42-26)43-25-17(33-6-9-1-10(29)2-9)21(39)19(37)14(5-28)41-25/h9-26,32-40H,1-8,27-31H2/t9?,10?,11?,12-,13+,14+,15+,16-,17+,18+,19+,20+,21+,22-,23?,24-,25+,26+/m0/s1. The van der Waals surface area contributed by atoms with Gasteiger partial charge in [-0.05, 0) is 31.7 Å². The zero-order chi connectivity index (χ0) is 32.3. The summed E-state index contributed by atoms with van der Waals surface area (Å²) in [4.78, 5) is 0. The number of nitrogens with two attached hydrogens (primary N) is 5. The lowest BCUT2D eigenvalue weighted by Gasteiger charge is -2.50. The van der Waals surface area contributed by atoms with Crippen molar-refractivity contribution in [2.45, 2.75) is 123 Å². The first-order valence-corrected chi connectivity index (χ1v) is 15.3. The van der Waals surface area contributed by atoms with E-state index in [1.54, 1.807) is 0 Å². The highest BCUT2D eigenvalue weighted by Crippen LogP contribution is 2.32. The van der Waals surface area contributed by atoms with Gasteiger partial charge in [0.25, 0.3) is 0 Å². The zero-order valence-electron chi connectivity index (χ0n) is 24.7. The molecule has 2 saturated heterocycles. The van der Waals surface area contributed by atoms with Crippen LogP contribution in [0.3, 0.4) is 0 Å². The molecule has 2 heterocycles. The lowest BCUT2D eigenvalue weighted by molar-refractivity contribution is -0.321. The van der Waals surface area contributed by atoms with Gasteiger partial charge >= 0.3 is 0 Å². The molecule has 0 aromatic rings. The Labute approximate surface area is 256 Å². The molecule has 0 radical (unpaired) electrons. The highest BCUT2D eigenvalue weighted by Gasteiger charge is 2.52. The van der Waals surface area contributed by atoms with Gasteiger partial charge in [-0.1, -0.05) is 0 Å². The number of ether oxygens (including phenoxy) is 4. The van der Waals surface area contributed by atoms with E-state index in [-0.39, 0.29) is 38.0 Å². The van der Waals surface area contributed by atoms with E-state index in [1.807, 2.05) is 0 Å². The molecule has 18 nitrogen and oxygen atoms in total. The van der Waals surface area contributed by atoms with Gasteiger partial charge in [-0.25, -0.2) is 0 Å². The summed E-state index contributed by atoms with van der Waals surface area (Å²) in [5.74, 6) is 0.271. The van der Waals surface area contributed by atoms with Crippen LogP contribution in [0.4, 0.5) is 0 Å². The average Bonchev–Trinajstić information content (AvgIpc) is 2.99. The molecule has 4 aliphatic rings. The molecule has 2 aliphatic carbocycles. The number of hydrogen-bond acceptors (Lipinski definition) is 18. The Bertz CT molecular complexity index is 880. The third-order valence-electron chi connectivity index (χ3n) is 9.27. The number of nitrogens with one attached hydrogen (secondary N) is 2. The van der Waals surface area contributed by atoms with Crippen LogP contribution < -0.4 is 39.3 Å². The lowest BCUT2D eigenvalue weighted by Crippen LogP contribution is -2.70. The monoisotopic (exact) mass is 639 g/mol. The van der Waals surface area contributed by atoms with E-state index >= 15 is 0 Å². The van der Waals surface area contributed by atoms with Crippen LogP contribution in [-0.2, 0) is 18.9 Å². The Kier molecular flexibility index (Phi) is 13.1. The second kappa shape index (κ2) is 15.9. The first-order valence-electron chi connectivity index (χ1n) is 15.3. The molecule has 0 spiro atoms. The van der Waals surface area contributed by atoms with Crippen molar-refractivity contribution in [1.82, 2.24) is 10.6 Å². The average molecular weight is 640 g/mol. The Morgan fingerprint density at radius 2 is 1.43 bits per heavy atom. The summed E-state index contributed by atoms with van der Waals surface area (Å²) in [7, 11) is 0. The van der Waals surface area contributed by atoms with Gasteiger partial charge in [0.05, 0.1) is 24.8 Å². The fourth-order valence-electron chi connectivity index (χ4n) is 6.42. The van der Waals surface area contributed by atoms with Crippen molar-refractivity contribution in [2.24, 2.45) is 34.6 Å². The maximum atomic E-state index is 11.7. The second-order valence-corrected chi connectivity index (χ2v) is 12.6. The van der Waals surface area contributed by atoms with Gasteiger partial charge in [-0.15, -0.1) is 0 Å². The number of rotatable bonds is 13. The van der Waals surface area contributed by atoms with Gasteiger partial charge in [0.2, 0.25) is 0 Å². The van der Waals surface area contributed by atoms with Crippen molar-refractivity contribution < 1.29 is 54.7 Å². The third-order valence-corrected chi connectivity index (χ3v) is 9.27. The summed E-state index contributed by atoms with van der Waals surface area (Å²) in [5, 5.41) is 80.2. The molecule has 258 valence electrons. The predicted octanol–water partition coefficient (Wildman–Crippen LogP) is -8.01. The van der Waals surface area contributed by atoms with Gasteiger partial charge < -0.3 is 94.0 Å². The molecule has 4 fully saturated rings. The quantitative estimate of drug-likeness (QED) is 0.0889. The molecule has 2 unspecified atom stereocenters. The largest absolute Gasteiger partial charge is 0.394 e. The van der Waals surface area contributed by atoms with Crippen LogP contribution in [0.15, 0.2) is 0 Å². The first-order chi connectivity index (χ1) is 20.9. The Balaban J connectivity index is 1.54. The molecule has 16 atom stereocenters. The number of aliphatic hydroxyl groups is 7. The van der Waals surface area contributed by atoms with E-state index in [0.29, 0.717) is 6.54 Å². The summed E-state index contributed by atoms with van der Waals surface area (Å²) in [5.41, 5.74) is 29.7. The minimum atomic E-state index is -1.53.